The highest BCUT2D eigenvalue weighted by atomic mass is 79.9. The maximum atomic E-state index is 13.4. The van der Waals surface area contributed by atoms with Gasteiger partial charge in [0.1, 0.15) is 5.82 Å². The molecule has 0 bridgehead atoms. The number of carbonyl (C=O) groups is 2. The molecule has 0 spiro atoms. The molecule has 0 saturated carbocycles. The van der Waals surface area contributed by atoms with Gasteiger partial charge < -0.3 is 10.4 Å². The van der Waals surface area contributed by atoms with E-state index in [1.54, 1.807) is 0 Å². The summed E-state index contributed by atoms with van der Waals surface area (Å²) in [5.74, 6) is -2.97. The topological polar surface area (TPSA) is 79.3 Å². The molecule has 4 rings (SSSR count). The number of pyridine rings is 1. The molecule has 0 unspecified atom stereocenters. The van der Waals surface area contributed by atoms with Crippen LogP contribution in [-0.4, -0.2) is 28.5 Å². The largest absolute Gasteiger partial charge is 0.481 e. The molecule has 4 aromatic rings. The summed E-state index contributed by atoms with van der Waals surface area (Å²) in [7, 11) is 0. The summed E-state index contributed by atoms with van der Waals surface area (Å²) in [5.41, 5.74) is 3.75. The van der Waals surface area contributed by atoms with Crippen LogP contribution in [0, 0.1) is 12.7 Å². The average molecular weight is 507 g/mol. The van der Waals surface area contributed by atoms with Crippen molar-refractivity contribution in [1.29, 1.82) is 0 Å². The Morgan fingerprint density at radius 3 is 2.42 bits per heavy atom. The molecule has 1 amide bonds. The van der Waals surface area contributed by atoms with Crippen LogP contribution in [0.15, 0.2) is 77.3 Å². The number of fused-ring (bicyclic) bond motifs is 1. The molecule has 3 aromatic carbocycles. The average Bonchev–Trinajstić information content (AvgIpc) is 2.80. The lowest BCUT2D eigenvalue weighted by atomic mass is 9.96. The van der Waals surface area contributed by atoms with Gasteiger partial charge in [-0.15, -0.1) is 0 Å². The minimum Gasteiger partial charge on any atom is -0.481 e. The molecule has 0 aliphatic carbocycles. The lowest BCUT2D eigenvalue weighted by Crippen LogP contribution is -2.32. The summed E-state index contributed by atoms with van der Waals surface area (Å²) < 4.78 is 14.1. The Kier molecular flexibility index (Phi) is 6.51. The zero-order valence-corrected chi connectivity index (χ0v) is 19.3. The van der Waals surface area contributed by atoms with Gasteiger partial charge in [-0.05, 0) is 48.4 Å². The predicted molar refractivity (Wildman–Crippen MR) is 129 cm³/mol. The maximum absolute atomic E-state index is 13.4. The third kappa shape index (κ3) is 4.78. The van der Waals surface area contributed by atoms with Crippen molar-refractivity contribution in [3.63, 3.8) is 0 Å². The van der Waals surface area contributed by atoms with E-state index in [4.69, 9.17) is 4.98 Å². The molecule has 5 nitrogen and oxygen atoms in total. The van der Waals surface area contributed by atoms with Gasteiger partial charge in [-0.25, -0.2) is 9.37 Å². The molecule has 1 atom stereocenters. The highest BCUT2D eigenvalue weighted by Gasteiger charge is 2.24. The second kappa shape index (κ2) is 9.50. The van der Waals surface area contributed by atoms with Crippen LogP contribution < -0.4 is 5.32 Å². The highest BCUT2D eigenvalue weighted by Crippen LogP contribution is 2.31. The number of benzene rings is 3. The Bertz CT molecular complexity index is 1340. The van der Waals surface area contributed by atoms with Gasteiger partial charge in [0.25, 0.3) is 5.91 Å². The fourth-order valence-corrected chi connectivity index (χ4v) is 4.19. The SMILES string of the molecule is Cc1c(-c2ccccc2)nc2ccc(Br)cc2c1C(=O)NC[C@H](C(=O)O)c1ccc(F)cc1. The number of halogens is 2. The molecule has 1 aromatic heterocycles. The summed E-state index contributed by atoms with van der Waals surface area (Å²) in [6, 6.07) is 20.3. The fraction of sp³-hybridized carbons (Fsp3) is 0.115. The van der Waals surface area contributed by atoms with Gasteiger partial charge in [-0.3, -0.25) is 9.59 Å². The maximum Gasteiger partial charge on any atom is 0.312 e. The number of nitrogens with one attached hydrogen (secondary N) is 1. The number of amides is 1. The van der Waals surface area contributed by atoms with Crippen molar-refractivity contribution < 1.29 is 19.1 Å². The second-order valence-corrected chi connectivity index (χ2v) is 8.56. The summed E-state index contributed by atoms with van der Waals surface area (Å²) in [5, 5.41) is 13.1. The molecule has 2 N–H and O–H groups in total. The fourth-order valence-electron chi connectivity index (χ4n) is 3.83. The third-order valence-electron chi connectivity index (χ3n) is 5.50. The van der Waals surface area contributed by atoms with E-state index in [1.165, 1.54) is 24.3 Å². The third-order valence-corrected chi connectivity index (χ3v) is 6.00. The number of rotatable bonds is 6. The van der Waals surface area contributed by atoms with Crippen LogP contribution in [0.25, 0.3) is 22.2 Å². The molecular weight excluding hydrogens is 487 g/mol. The van der Waals surface area contributed by atoms with Gasteiger partial charge in [0.2, 0.25) is 0 Å². The Morgan fingerprint density at radius 2 is 1.76 bits per heavy atom. The summed E-state index contributed by atoms with van der Waals surface area (Å²) in [4.78, 5) is 30.0. The van der Waals surface area contributed by atoms with E-state index in [0.717, 1.165) is 10.0 Å². The second-order valence-electron chi connectivity index (χ2n) is 7.64. The smallest absolute Gasteiger partial charge is 0.312 e. The van der Waals surface area contributed by atoms with Crippen LogP contribution in [0.2, 0.25) is 0 Å². The van der Waals surface area contributed by atoms with Gasteiger partial charge >= 0.3 is 5.97 Å². The molecule has 7 heteroatoms. The van der Waals surface area contributed by atoms with Crippen molar-refractivity contribution in [3.8, 4) is 11.3 Å². The van der Waals surface area contributed by atoms with E-state index in [0.29, 0.717) is 33.3 Å². The summed E-state index contributed by atoms with van der Waals surface area (Å²) in [6.45, 7) is 1.69. The zero-order chi connectivity index (χ0) is 23.5. The van der Waals surface area contributed by atoms with Gasteiger partial charge in [0.05, 0.1) is 22.7 Å². The molecule has 33 heavy (non-hydrogen) atoms. The number of aromatic nitrogens is 1. The first kappa shape index (κ1) is 22.6. The van der Waals surface area contributed by atoms with Gasteiger partial charge in [-0.2, -0.15) is 0 Å². The van der Waals surface area contributed by atoms with Crippen molar-refractivity contribution in [3.05, 3.63) is 99.8 Å². The summed E-state index contributed by atoms with van der Waals surface area (Å²) >= 11 is 3.45. The Labute approximate surface area is 198 Å². The van der Waals surface area contributed by atoms with Crippen molar-refractivity contribution in [1.82, 2.24) is 10.3 Å². The number of carboxylic acid groups (broad SMARTS) is 1. The molecule has 1 heterocycles. The minimum absolute atomic E-state index is 0.141. The van der Waals surface area contributed by atoms with Crippen molar-refractivity contribution in [2.75, 3.05) is 6.54 Å². The predicted octanol–water partition coefficient (Wildman–Crippen LogP) is 5.71. The number of hydrogen-bond acceptors (Lipinski definition) is 3. The van der Waals surface area contributed by atoms with Gasteiger partial charge in [0, 0.05) is 22.0 Å². The molecular formula is C26H20BrFN2O3. The molecule has 0 radical (unpaired) electrons. The zero-order valence-electron chi connectivity index (χ0n) is 17.7. The number of nitrogens with zero attached hydrogens (tertiary/aromatic N) is 1. The Morgan fingerprint density at radius 1 is 1.06 bits per heavy atom. The van der Waals surface area contributed by atoms with Crippen LogP contribution in [0.3, 0.4) is 0 Å². The first-order valence-corrected chi connectivity index (χ1v) is 11.1. The first-order chi connectivity index (χ1) is 15.8. The monoisotopic (exact) mass is 506 g/mol. The van der Waals surface area contributed by atoms with E-state index in [1.807, 2.05) is 55.5 Å². The van der Waals surface area contributed by atoms with Crippen molar-refractivity contribution in [2.45, 2.75) is 12.8 Å². The quantitative estimate of drug-likeness (QED) is 0.351. The van der Waals surface area contributed by atoms with Gasteiger partial charge in [-0.1, -0.05) is 58.4 Å². The van der Waals surface area contributed by atoms with E-state index in [-0.39, 0.29) is 6.54 Å². The van der Waals surface area contributed by atoms with E-state index in [2.05, 4.69) is 21.2 Å². The highest BCUT2D eigenvalue weighted by molar-refractivity contribution is 9.10. The lowest BCUT2D eigenvalue weighted by molar-refractivity contribution is -0.138. The minimum atomic E-state index is -1.11. The van der Waals surface area contributed by atoms with Crippen LogP contribution in [0.5, 0.6) is 0 Å². The van der Waals surface area contributed by atoms with Crippen molar-refractivity contribution >= 4 is 38.7 Å². The number of carbonyl (C=O) groups excluding carboxylic acids is 1. The molecule has 0 aliphatic rings. The Balaban J connectivity index is 1.73. The number of carboxylic acids is 1. The molecule has 0 saturated heterocycles. The summed E-state index contributed by atoms with van der Waals surface area (Å²) in [6.07, 6.45) is 0. The number of aliphatic carboxylic acids is 1. The van der Waals surface area contributed by atoms with E-state index < -0.39 is 23.6 Å². The molecule has 0 aliphatic heterocycles. The van der Waals surface area contributed by atoms with Crippen LogP contribution >= 0.6 is 15.9 Å². The van der Waals surface area contributed by atoms with Crippen molar-refractivity contribution in [2.24, 2.45) is 0 Å². The molecule has 166 valence electrons. The van der Waals surface area contributed by atoms with Gasteiger partial charge in [0.15, 0.2) is 0 Å². The van der Waals surface area contributed by atoms with Crippen LogP contribution in [-0.2, 0) is 4.79 Å². The Hall–Kier alpha value is -3.58. The van der Waals surface area contributed by atoms with Crippen LogP contribution in [0.1, 0.15) is 27.4 Å². The first-order valence-electron chi connectivity index (χ1n) is 10.3. The molecule has 0 fully saturated rings. The lowest BCUT2D eigenvalue weighted by Gasteiger charge is -2.17. The van der Waals surface area contributed by atoms with E-state index >= 15 is 0 Å². The standard InChI is InChI=1S/C26H20BrFN2O3/c1-15-23(25(31)29-14-21(26(32)33)16-7-10-19(28)11-8-16)20-13-18(27)9-12-22(20)30-24(15)17-5-3-2-4-6-17/h2-13,21H,14H2,1H3,(H,29,31)(H,32,33)/t21-/m0/s1. The number of hydrogen-bond donors (Lipinski definition) is 2. The van der Waals surface area contributed by atoms with E-state index in [9.17, 15) is 19.1 Å². The normalized spacial score (nSPS) is 11.8. The van der Waals surface area contributed by atoms with Crippen LogP contribution in [0.4, 0.5) is 4.39 Å².